The fraction of sp³-hybridized carbons (Fsp3) is 0.562. The number of carboxylic acids is 1. The zero-order valence-electron chi connectivity index (χ0n) is 12.0. The van der Waals surface area contributed by atoms with Crippen LogP contribution in [0.15, 0.2) is 24.3 Å². The molecule has 0 saturated heterocycles. The Morgan fingerprint density at radius 2 is 2.30 bits per heavy atom. The van der Waals surface area contributed by atoms with E-state index >= 15 is 0 Å². The molecule has 20 heavy (non-hydrogen) atoms. The monoisotopic (exact) mass is 277 g/mol. The van der Waals surface area contributed by atoms with E-state index in [1.54, 1.807) is 0 Å². The molecule has 0 bridgehead atoms. The number of ether oxygens (including phenoxy) is 1. The van der Waals surface area contributed by atoms with Crippen molar-refractivity contribution < 1.29 is 14.6 Å². The van der Waals surface area contributed by atoms with Gasteiger partial charge in [0.15, 0.2) is 0 Å². The van der Waals surface area contributed by atoms with Gasteiger partial charge in [0.2, 0.25) is 0 Å². The van der Waals surface area contributed by atoms with Gasteiger partial charge in [-0.1, -0.05) is 19.4 Å². The van der Waals surface area contributed by atoms with Crippen LogP contribution in [-0.2, 0) is 4.79 Å². The molecule has 4 heteroatoms. The highest BCUT2D eigenvalue weighted by atomic mass is 16.5. The van der Waals surface area contributed by atoms with Gasteiger partial charge < -0.3 is 15.2 Å². The highest BCUT2D eigenvalue weighted by Gasteiger charge is 2.26. The van der Waals surface area contributed by atoms with Crippen LogP contribution in [0.2, 0.25) is 0 Å². The van der Waals surface area contributed by atoms with E-state index in [0.717, 1.165) is 37.1 Å². The lowest BCUT2D eigenvalue weighted by atomic mass is 9.85. The van der Waals surface area contributed by atoms with Crippen LogP contribution in [-0.4, -0.2) is 23.7 Å². The lowest BCUT2D eigenvalue weighted by Gasteiger charge is -2.28. The van der Waals surface area contributed by atoms with Crippen molar-refractivity contribution in [3.63, 3.8) is 0 Å². The first-order valence-electron chi connectivity index (χ1n) is 7.41. The summed E-state index contributed by atoms with van der Waals surface area (Å²) >= 11 is 0. The Labute approximate surface area is 120 Å². The van der Waals surface area contributed by atoms with Crippen LogP contribution in [0, 0.1) is 5.92 Å². The Morgan fingerprint density at radius 3 is 3.05 bits per heavy atom. The highest BCUT2D eigenvalue weighted by Crippen LogP contribution is 2.28. The lowest BCUT2D eigenvalue weighted by molar-refractivity contribution is -0.142. The van der Waals surface area contributed by atoms with Crippen LogP contribution in [0.5, 0.6) is 5.75 Å². The summed E-state index contributed by atoms with van der Waals surface area (Å²) in [7, 11) is 0. The second-order valence-corrected chi connectivity index (χ2v) is 5.42. The summed E-state index contributed by atoms with van der Waals surface area (Å²) in [6.07, 6.45) is 4.49. The quantitative estimate of drug-likeness (QED) is 0.835. The van der Waals surface area contributed by atoms with Gasteiger partial charge in [-0.05, 0) is 37.8 Å². The Kier molecular flexibility index (Phi) is 5.27. The molecule has 1 aromatic carbocycles. The largest absolute Gasteiger partial charge is 0.494 e. The molecule has 0 heterocycles. The highest BCUT2D eigenvalue weighted by molar-refractivity contribution is 5.70. The minimum Gasteiger partial charge on any atom is -0.494 e. The van der Waals surface area contributed by atoms with Crippen molar-refractivity contribution in [2.24, 2.45) is 5.92 Å². The van der Waals surface area contributed by atoms with E-state index in [1.165, 1.54) is 0 Å². The standard InChI is InChI=1S/C16H23NO3/c1-2-9-20-15-8-4-7-14(11-15)17-13-6-3-5-12(10-13)16(18)19/h4,7-8,11-13,17H,2-3,5-6,9-10H2,1H3,(H,18,19). The first-order chi connectivity index (χ1) is 9.69. The summed E-state index contributed by atoms with van der Waals surface area (Å²) in [5.74, 6) is -0.0141. The van der Waals surface area contributed by atoms with Crippen molar-refractivity contribution in [3.8, 4) is 5.75 Å². The maximum atomic E-state index is 11.1. The first kappa shape index (κ1) is 14.7. The summed E-state index contributed by atoms with van der Waals surface area (Å²) in [5, 5.41) is 12.6. The molecule has 0 aliphatic heterocycles. The molecule has 2 N–H and O–H groups in total. The van der Waals surface area contributed by atoms with Gasteiger partial charge in [0, 0.05) is 17.8 Å². The van der Waals surface area contributed by atoms with Crippen molar-refractivity contribution >= 4 is 11.7 Å². The molecule has 1 saturated carbocycles. The van der Waals surface area contributed by atoms with Crippen LogP contribution >= 0.6 is 0 Å². The Hall–Kier alpha value is -1.71. The Balaban J connectivity index is 1.93. The van der Waals surface area contributed by atoms with E-state index in [9.17, 15) is 4.79 Å². The van der Waals surface area contributed by atoms with Gasteiger partial charge in [-0.15, -0.1) is 0 Å². The van der Waals surface area contributed by atoms with Crippen LogP contribution in [0.1, 0.15) is 39.0 Å². The fourth-order valence-electron chi connectivity index (χ4n) is 2.68. The van der Waals surface area contributed by atoms with Crippen molar-refractivity contribution in [2.45, 2.75) is 45.1 Å². The molecule has 1 aliphatic carbocycles. The first-order valence-corrected chi connectivity index (χ1v) is 7.41. The van der Waals surface area contributed by atoms with Crippen LogP contribution in [0.4, 0.5) is 5.69 Å². The van der Waals surface area contributed by atoms with Crippen molar-refractivity contribution in [1.29, 1.82) is 0 Å². The van der Waals surface area contributed by atoms with Gasteiger partial charge in [0.05, 0.1) is 12.5 Å². The third kappa shape index (κ3) is 4.15. The predicted octanol–water partition coefficient (Wildman–Crippen LogP) is 3.53. The zero-order chi connectivity index (χ0) is 14.4. The zero-order valence-corrected chi connectivity index (χ0v) is 12.0. The molecular weight excluding hydrogens is 254 g/mol. The van der Waals surface area contributed by atoms with Crippen molar-refractivity contribution in [3.05, 3.63) is 24.3 Å². The molecule has 1 aromatic rings. The molecule has 0 aromatic heterocycles. The third-order valence-electron chi connectivity index (χ3n) is 3.70. The summed E-state index contributed by atoms with van der Waals surface area (Å²) in [6, 6.07) is 8.14. The Morgan fingerprint density at radius 1 is 1.45 bits per heavy atom. The SMILES string of the molecule is CCCOc1cccc(NC2CCCC(C(=O)O)C2)c1. The van der Waals surface area contributed by atoms with Crippen LogP contribution in [0.3, 0.4) is 0 Å². The van der Waals surface area contributed by atoms with E-state index in [-0.39, 0.29) is 12.0 Å². The smallest absolute Gasteiger partial charge is 0.306 e. The number of nitrogens with one attached hydrogen (secondary N) is 1. The molecule has 1 aliphatic rings. The van der Waals surface area contributed by atoms with Crippen molar-refractivity contribution in [2.75, 3.05) is 11.9 Å². The van der Waals surface area contributed by atoms with Gasteiger partial charge in [-0.2, -0.15) is 0 Å². The fourth-order valence-corrected chi connectivity index (χ4v) is 2.68. The van der Waals surface area contributed by atoms with Gasteiger partial charge in [-0.25, -0.2) is 0 Å². The van der Waals surface area contributed by atoms with Gasteiger partial charge in [0.1, 0.15) is 5.75 Å². The minimum atomic E-state index is -0.670. The number of carbonyl (C=O) groups is 1. The summed E-state index contributed by atoms with van der Waals surface area (Å²) in [5.41, 5.74) is 1.01. The normalized spacial score (nSPS) is 22.2. The molecule has 2 unspecified atom stereocenters. The molecular formula is C16H23NO3. The number of benzene rings is 1. The number of hydrogen-bond acceptors (Lipinski definition) is 3. The number of rotatable bonds is 6. The predicted molar refractivity (Wildman–Crippen MR) is 79.2 cm³/mol. The summed E-state index contributed by atoms with van der Waals surface area (Å²) in [6.45, 7) is 2.80. The molecule has 0 spiro atoms. The number of aliphatic carboxylic acids is 1. The molecule has 0 amide bonds. The van der Waals surface area contributed by atoms with E-state index in [0.29, 0.717) is 13.0 Å². The second-order valence-electron chi connectivity index (χ2n) is 5.42. The maximum absolute atomic E-state index is 11.1. The average molecular weight is 277 g/mol. The lowest BCUT2D eigenvalue weighted by Crippen LogP contribution is -2.30. The summed E-state index contributed by atoms with van der Waals surface area (Å²) in [4.78, 5) is 11.1. The summed E-state index contributed by atoms with van der Waals surface area (Å²) < 4.78 is 5.61. The number of carboxylic acid groups (broad SMARTS) is 1. The molecule has 4 nitrogen and oxygen atoms in total. The van der Waals surface area contributed by atoms with Crippen molar-refractivity contribution in [1.82, 2.24) is 0 Å². The van der Waals surface area contributed by atoms with Gasteiger partial charge in [0.25, 0.3) is 0 Å². The topological polar surface area (TPSA) is 58.6 Å². The molecule has 2 rings (SSSR count). The van der Waals surface area contributed by atoms with E-state index in [1.807, 2.05) is 24.3 Å². The van der Waals surface area contributed by atoms with Gasteiger partial charge in [-0.3, -0.25) is 4.79 Å². The van der Waals surface area contributed by atoms with Crippen LogP contribution in [0.25, 0.3) is 0 Å². The van der Waals surface area contributed by atoms with Gasteiger partial charge >= 0.3 is 5.97 Å². The second kappa shape index (κ2) is 7.17. The molecule has 1 fully saturated rings. The molecule has 2 atom stereocenters. The Bertz CT molecular complexity index is 447. The minimum absolute atomic E-state index is 0.208. The molecule has 110 valence electrons. The van der Waals surface area contributed by atoms with E-state index in [2.05, 4.69) is 12.2 Å². The number of hydrogen-bond donors (Lipinski definition) is 2. The number of anilines is 1. The van der Waals surface area contributed by atoms with Crippen LogP contribution < -0.4 is 10.1 Å². The van der Waals surface area contributed by atoms with E-state index < -0.39 is 5.97 Å². The van der Waals surface area contributed by atoms with E-state index in [4.69, 9.17) is 9.84 Å². The third-order valence-corrected chi connectivity index (χ3v) is 3.70. The average Bonchev–Trinajstić information content (AvgIpc) is 2.46. The molecule has 0 radical (unpaired) electrons. The maximum Gasteiger partial charge on any atom is 0.306 e.